The second-order valence-electron chi connectivity index (χ2n) is 8.41. The fourth-order valence-electron chi connectivity index (χ4n) is 4.14. The Hall–Kier alpha value is -2.21. The standard InChI is InChI=1S/C23H29N3O2S/c1-15-6-7-20(16(2)12-15)23(28)26-10-8-18(9-11-26)22-25-19(14-29-22)13-24-21(27)17-4-3-5-17/h6-7,12,14,17-18H,3-5,8-11,13H2,1-2H3,(H,24,27). The van der Waals surface area contributed by atoms with Gasteiger partial charge in [-0.25, -0.2) is 4.98 Å². The second-order valence-corrected chi connectivity index (χ2v) is 9.30. The fourth-order valence-corrected chi connectivity index (χ4v) is 5.13. The molecule has 5 nitrogen and oxygen atoms in total. The molecule has 29 heavy (non-hydrogen) atoms. The van der Waals surface area contributed by atoms with Gasteiger partial charge in [-0.2, -0.15) is 0 Å². The second kappa shape index (κ2) is 8.66. The van der Waals surface area contributed by atoms with E-state index in [4.69, 9.17) is 4.98 Å². The Morgan fingerprint density at radius 3 is 2.59 bits per heavy atom. The maximum atomic E-state index is 12.9. The van der Waals surface area contributed by atoms with Gasteiger partial charge in [0.25, 0.3) is 5.91 Å². The molecule has 1 aromatic heterocycles. The highest BCUT2D eigenvalue weighted by molar-refractivity contribution is 7.09. The average Bonchev–Trinajstić information content (AvgIpc) is 3.14. The van der Waals surface area contributed by atoms with E-state index in [1.807, 2.05) is 30.9 Å². The van der Waals surface area contributed by atoms with E-state index in [1.54, 1.807) is 11.3 Å². The van der Waals surface area contributed by atoms with Crippen LogP contribution in [-0.4, -0.2) is 34.8 Å². The number of carbonyl (C=O) groups excluding carboxylic acids is 2. The van der Waals surface area contributed by atoms with Crippen LogP contribution in [0.15, 0.2) is 23.6 Å². The first kappa shape index (κ1) is 20.1. The highest BCUT2D eigenvalue weighted by Crippen LogP contribution is 2.31. The number of thiazole rings is 1. The summed E-state index contributed by atoms with van der Waals surface area (Å²) in [6, 6.07) is 6.03. The number of aromatic nitrogens is 1. The molecule has 2 amide bonds. The number of benzene rings is 1. The first-order chi connectivity index (χ1) is 14.0. The minimum atomic E-state index is 0.138. The maximum Gasteiger partial charge on any atom is 0.254 e. The van der Waals surface area contributed by atoms with E-state index in [0.29, 0.717) is 12.5 Å². The quantitative estimate of drug-likeness (QED) is 0.802. The highest BCUT2D eigenvalue weighted by Gasteiger charge is 2.27. The van der Waals surface area contributed by atoms with Crippen molar-refractivity contribution >= 4 is 23.2 Å². The summed E-state index contributed by atoms with van der Waals surface area (Å²) in [6.07, 6.45) is 5.10. The van der Waals surface area contributed by atoms with Gasteiger partial charge in [-0.3, -0.25) is 9.59 Å². The molecule has 2 aromatic rings. The largest absolute Gasteiger partial charge is 0.350 e. The molecule has 154 valence electrons. The van der Waals surface area contributed by atoms with Crippen LogP contribution in [0.3, 0.4) is 0 Å². The van der Waals surface area contributed by atoms with Gasteiger partial charge in [-0.05, 0) is 51.2 Å². The van der Waals surface area contributed by atoms with Crippen molar-refractivity contribution in [1.29, 1.82) is 0 Å². The molecule has 2 fully saturated rings. The summed E-state index contributed by atoms with van der Waals surface area (Å²) >= 11 is 1.68. The number of hydrogen-bond donors (Lipinski definition) is 1. The van der Waals surface area contributed by atoms with Gasteiger partial charge >= 0.3 is 0 Å². The number of nitrogens with zero attached hydrogens (tertiary/aromatic N) is 2. The fraction of sp³-hybridized carbons (Fsp3) is 0.522. The predicted molar refractivity (Wildman–Crippen MR) is 115 cm³/mol. The van der Waals surface area contributed by atoms with E-state index in [9.17, 15) is 9.59 Å². The first-order valence-corrected chi connectivity index (χ1v) is 11.5. The van der Waals surface area contributed by atoms with Crippen molar-refractivity contribution in [2.45, 2.75) is 58.4 Å². The van der Waals surface area contributed by atoms with Crippen LogP contribution in [-0.2, 0) is 11.3 Å². The Balaban J connectivity index is 1.30. The molecule has 0 spiro atoms. The van der Waals surface area contributed by atoms with E-state index >= 15 is 0 Å². The molecule has 2 heterocycles. The number of carbonyl (C=O) groups is 2. The van der Waals surface area contributed by atoms with Crippen LogP contribution >= 0.6 is 11.3 Å². The number of aryl methyl sites for hydroxylation is 2. The normalized spacial score (nSPS) is 17.8. The third-order valence-electron chi connectivity index (χ3n) is 6.23. The Morgan fingerprint density at radius 2 is 1.93 bits per heavy atom. The molecule has 1 saturated carbocycles. The van der Waals surface area contributed by atoms with Crippen molar-refractivity contribution in [3.05, 3.63) is 51.0 Å². The minimum Gasteiger partial charge on any atom is -0.350 e. The molecule has 1 aromatic carbocycles. The molecule has 1 aliphatic heterocycles. The third kappa shape index (κ3) is 4.53. The minimum absolute atomic E-state index is 0.138. The maximum absolute atomic E-state index is 12.9. The smallest absolute Gasteiger partial charge is 0.254 e. The number of piperidine rings is 1. The summed E-state index contributed by atoms with van der Waals surface area (Å²) in [4.78, 5) is 31.6. The third-order valence-corrected chi connectivity index (χ3v) is 7.29. The van der Waals surface area contributed by atoms with Gasteiger partial charge in [0.05, 0.1) is 17.2 Å². The van der Waals surface area contributed by atoms with Crippen molar-refractivity contribution < 1.29 is 9.59 Å². The van der Waals surface area contributed by atoms with E-state index < -0.39 is 0 Å². The zero-order chi connectivity index (χ0) is 20.4. The van der Waals surface area contributed by atoms with Gasteiger partial charge in [-0.15, -0.1) is 11.3 Å². The molecule has 1 aliphatic carbocycles. The molecule has 6 heteroatoms. The van der Waals surface area contributed by atoms with Crippen LogP contribution in [0.2, 0.25) is 0 Å². The number of hydrogen-bond acceptors (Lipinski definition) is 4. The molecular formula is C23H29N3O2S. The Kier molecular flexibility index (Phi) is 5.99. The van der Waals surface area contributed by atoms with Crippen molar-refractivity contribution in [1.82, 2.24) is 15.2 Å². The van der Waals surface area contributed by atoms with Crippen LogP contribution in [0.4, 0.5) is 0 Å². The topological polar surface area (TPSA) is 62.3 Å². The molecule has 0 radical (unpaired) electrons. The summed E-state index contributed by atoms with van der Waals surface area (Å²) in [5.41, 5.74) is 3.99. The number of rotatable bonds is 5. The van der Waals surface area contributed by atoms with Crippen LogP contribution < -0.4 is 5.32 Å². The summed E-state index contributed by atoms with van der Waals surface area (Å²) < 4.78 is 0. The summed E-state index contributed by atoms with van der Waals surface area (Å²) in [5.74, 6) is 0.926. The zero-order valence-corrected chi connectivity index (χ0v) is 18.1. The molecule has 2 aliphatic rings. The van der Waals surface area contributed by atoms with Gasteiger partial charge in [0, 0.05) is 35.9 Å². The molecule has 4 rings (SSSR count). The van der Waals surface area contributed by atoms with E-state index in [0.717, 1.165) is 60.6 Å². The number of likely N-dealkylation sites (tertiary alicyclic amines) is 1. The van der Waals surface area contributed by atoms with Gasteiger partial charge < -0.3 is 10.2 Å². The van der Waals surface area contributed by atoms with Gasteiger partial charge in [0.2, 0.25) is 5.91 Å². The van der Waals surface area contributed by atoms with E-state index in [-0.39, 0.29) is 17.7 Å². The molecule has 0 unspecified atom stereocenters. The summed E-state index contributed by atoms with van der Waals surface area (Å²) in [7, 11) is 0. The molecule has 0 bridgehead atoms. The average molecular weight is 412 g/mol. The lowest BCUT2D eigenvalue weighted by molar-refractivity contribution is -0.127. The monoisotopic (exact) mass is 411 g/mol. The first-order valence-electron chi connectivity index (χ1n) is 10.6. The SMILES string of the molecule is Cc1ccc(C(=O)N2CCC(c3nc(CNC(=O)C4CCC4)cs3)CC2)c(C)c1. The number of nitrogens with one attached hydrogen (secondary N) is 1. The lowest BCUT2D eigenvalue weighted by Crippen LogP contribution is -2.38. The van der Waals surface area contributed by atoms with E-state index in [1.165, 1.54) is 12.0 Å². The summed E-state index contributed by atoms with van der Waals surface area (Å²) in [6.45, 7) is 6.12. The Bertz CT molecular complexity index is 895. The molecule has 1 N–H and O–H groups in total. The van der Waals surface area contributed by atoms with Crippen LogP contribution in [0.25, 0.3) is 0 Å². The van der Waals surface area contributed by atoms with Gasteiger partial charge in [0.1, 0.15) is 0 Å². The van der Waals surface area contributed by atoms with Crippen LogP contribution in [0.1, 0.15) is 70.2 Å². The van der Waals surface area contributed by atoms with Crippen molar-refractivity contribution in [2.75, 3.05) is 13.1 Å². The Labute approximate surface area is 176 Å². The lowest BCUT2D eigenvalue weighted by atomic mass is 9.85. The molecular weight excluding hydrogens is 382 g/mol. The van der Waals surface area contributed by atoms with Gasteiger partial charge in [0.15, 0.2) is 0 Å². The highest BCUT2D eigenvalue weighted by atomic mass is 32.1. The van der Waals surface area contributed by atoms with Gasteiger partial charge in [-0.1, -0.05) is 24.1 Å². The zero-order valence-electron chi connectivity index (χ0n) is 17.2. The summed E-state index contributed by atoms with van der Waals surface area (Å²) in [5, 5.41) is 6.21. The number of amides is 2. The molecule has 0 atom stereocenters. The van der Waals surface area contributed by atoms with Crippen molar-refractivity contribution in [3.63, 3.8) is 0 Å². The van der Waals surface area contributed by atoms with Crippen LogP contribution in [0, 0.1) is 19.8 Å². The lowest BCUT2D eigenvalue weighted by Gasteiger charge is -2.31. The predicted octanol–water partition coefficient (Wildman–Crippen LogP) is 4.20. The van der Waals surface area contributed by atoms with Crippen molar-refractivity contribution in [3.8, 4) is 0 Å². The Morgan fingerprint density at radius 1 is 1.17 bits per heavy atom. The molecule has 1 saturated heterocycles. The van der Waals surface area contributed by atoms with E-state index in [2.05, 4.69) is 16.8 Å². The van der Waals surface area contributed by atoms with Crippen molar-refractivity contribution in [2.24, 2.45) is 5.92 Å². The van der Waals surface area contributed by atoms with Crippen LogP contribution in [0.5, 0.6) is 0 Å².